The van der Waals surface area contributed by atoms with Crippen LogP contribution in [0.2, 0.25) is 0 Å². The molecule has 100 valence electrons. The first-order valence-electron chi connectivity index (χ1n) is 7.40. The van der Waals surface area contributed by atoms with Gasteiger partial charge in [0.05, 0.1) is 12.2 Å². The minimum atomic E-state index is 0.152. The first-order valence-corrected chi connectivity index (χ1v) is 7.40. The molecule has 2 fully saturated rings. The first-order chi connectivity index (χ1) is 8.30. The van der Waals surface area contributed by atoms with E-state index in [0.29, 0.717) is 6.04 Å². The van der Waals surface area contributed by atoms with E-state index in [4.69, 9.17) is 4.74 Å². The molecule has 3 nitrogen and oxygen atoms in total. The van der Waals surface area contributed by atoms with Crippen LogP contribution in [0.1, 0.15) is 46.0 Å². The third kappa shape index (κ3) is 3.01. The highest BCUT2D eigenvalue weighted by molar-refractivity contribution is 4.99. The Kier molecular flexibility index (Phi) is 4.83. The maximum Gasteiger partial charge on any atom is 0.0859 e. The molecule has 0 aliphatic carbocycles. The molecule has 2 aliphatic rings. The minimum absolute atomic E-state index is 0.152. The number of piperidine rings is 1. The van der Waals surface area contributed by atoms with Gasteiger partial charge in [-0.2, -0.15) is 0 Å². The van der Waals surface area contributed by atoms with Crippen LogP contribution < -0.4 is 5.32 Å². The Labute approximate surface area is 106 Å². The molecule has 1 unspecified atom stereocenters. The molecule has 0 bridgehead atoms. The average Bonchev–Trinajstić information content (AvgIpc) is 2.39. The van der Waals surface area contributed by atoms with Crippen LogP contribution in [0.25, 0.3) is 0 Å². The van der Waals surface area contributed by atoms with Gasteiger partial charge >= 0.3 is 0 Å². The van der Waals surface area contributed by atoms with E-state index in [1.807, 2.05) is 0 Å². The van der Waals surface area contributed by atoms with Crippen LogP contribution >= 0.6 is 0 Å². The number of likely N-dealkylation sites (tertiary alicyclic amines) is 1. The van der Waals surface area contributed by atoms with Gasteiger partial charge in [0.25, 0.3) is 0 Å². The molecular weight excluding hydrogens is 212 g/mol. The molecule has 0 radical (unpaired) electrons. The number of unbranched alkanes of at least 4 members (excludes halogenated alkanes) is 1. The van der Waals surface area contributed by atoms with Crippen LogP contribution in [0.4, 0.5) is 0 Å². The van der Waals surface area contributed by atoms with Crippen molar-refractivity contribution in [1.82, 2.24) is 10.2 Å². The van der Waals surface area contributed by atoms with Crippen molar-refractivity contribution in [2.24, 2.45) is 0 Å². The number of hydrogen-bond donors (Lipinski definition) is 1. The standard InChI is InChI=1S/C14H28N2O/c1-3-5-6-13-14(17-12-9-15-13)7-10-16(4-2)11-8-14/h13,15H,3-12H2,1-2H3. The molecule has 2 aliphatic heterocycles. The summed E-state index contributed by atoms with van der Waals surface area (Å²) in [6.45, 7) is 10.1. The second-order valence-corrected chi connectivity index (χ2v) is 5.50. The molecule has 1 N–H and O–H groups in total. The molecule has 3 heteroatoms. The van der Waals surface area contributed by atoms with Crippen molar-refractivity contribution in [2.45, 2.75) is 57.6 Å². The van der Waals surface area contributed by atoms with Gasteiger partial charge in [-0.05, 0) is 25.8 Å². The molecule has 1 spiro atoms. The minimum Gasteiger partial charge on any atom is -0.372 e. The van der Waals surface area contributed by atoms with Crippen molar-refractivity contribution in [3.05, 3.63) is 0 Å². The Bertz CT molecular complexity index is 224. The van der Waals surface area contributed by atoms with Crippen LogP contribution in [-0.4, -0.2) is 49.3 Å². The maximum absolute atomic E-state index is 6.22. The molecule has 1 atom stereocenters. The molecule has 2 heterocycles. The summed E-state index contributed by atoms with van der Waals surface area (Å²) in [6.07, 6.45) is 6.31. The summed E-state index contributed by atoms with van der Waals surface area (Å²) < 4.78 is 6.22. The molecule has 2 saturated heterocycles. The van der Waals surface area contributed by atoms with E-state index in [-0.39, 0.29) is 5.60 Å². The Hall–Kier alpha value is -0.120. The van der Waals surface area contributed by atoms with Gasteiger partial charge in [-0.1, -0.05) is 26.7 Å². The predicted octanol–water partition coefficient (Wildman–Crippen LogP) is 2.02. The van der Waals surface area contributed by atoms with Crippen LogP contribution in [0.3, 0.4) is 0 Å². The van der Waals surface area contributed by atoms with Crippen molar-refractivity contribution in [1.29, 1.82) is 0 Å². The normalized spacial score (nSPS) is 29.6. The summed E-state index contributed by atoms with van der Waals surface area (Å²) in [6, 6.07) is 0.593. The van der Waals surface area contributed by atoms with Gasteiger partial charge in [0.1, 0.15) is 0 Å². The van der Waals surface area contributed by atoms with E-state index in [1.165, 1.54) is 51.7 Å². The fraction of sp³-hybridized carbons (Fsp3) is 1.00. The summed E-state index contributed by atoms with van der Waals surface area (Å²) in [5.41, 5.74) is 0.152. The second kappa shape index (κ2) is 6.17. The van der Waals surface area contributed by atoms with Crippen LogP contribution in [0.5, 0.6) is 0 Å². The molecule has 0 aromatic rings. The fourth-order valence-electron chi connectivity index (χ4n) is 3.29. The topological polar surface area (TPSA) is 24.5 Å². The van der Waals surface area contributed by atoms with E-state index >= 15 is 0 Å². The summed E-state index contributed by atoms with van der Waals surface area (Å²) >= 11 is 0. The second-order valence-electron chi connectivity index (χ2n) is 5.50. The van der Waals surface area contributed by atoms with Crippen molar-refractivity contribution >= 4 is 0 Å². The van der Waals surface area contributed by atoms with Crippen molar-refractivity contribution < 1.29 is 4.74 Å². The molecule has 17 heavy (non-hydrogen) atoms. The number of nitrogens with one attached hydrogen (secondary N) is 1. The zero-order chi connectivity index (χ0) is 12.1. The van der Waals surface area contributed by atoms with Gasteiger partial charge < -0.3 is 15.0 Å². The molecule has 0 saturated carbocycles. The predicted molar refractivity (Wildman–Crippen MR) is 71.3 cm³/mol. The number of nitrogens with zero attached hydrogens (tertiary/aromatic N) is 1. The number of hydrogen-bond acceptors (Lipinski definition) is 3. The van der Waals surface area contributed by atoms with E-state index in [2.05, 4.69) is 24.1 Å². The number of morpholine rings is 1. The van der Waals surface area contributed by atoms with E-state index in [1.54, 1.807) is 0 Å². The monoisotopic (exact) mass is 240 g/mol. The lowest BCUT2D eigenvalue weighted by atomic mass is 9.80. The van der Waals surface area contributed by atoms with Gasteiger partial charge in [-0.3, -0.25) is 0 Å². The zero-order valence-corrected chi connectivity index (χ0v) is 11.5. The molecule has 2 rings (SSSR count). The largest absolute Gasteiger partial charge is 0.372 e. The lowest BCUT2D eigenvalue weighted by Crippen LogP contribution is -2.61. The van der Waals surface area contributed by atoms with Gasteiger partial charge in [-0.25, -0.2) is 0 Å². The van der Waals surface area contributed by atoms with E-state index < -0.39 is 0 Å². The van der Waals surface area contributed by atoms with Crippen molar-refractivity contribution in [3.63, 3.8) is 0 Å². The quantitative estimate of drug-likeness (QED) is 0.813. The van der Waals surface area contributed by atoms with E-state index in [0.717, 1.165) is 13.2 Å². The van der Waals surface area contributed by atoms with Gasteiger partial charge in [-0.15, -0.1) is 0 Å². The summed E-state index contributed by atoms with van der Waals surface area (Å²) in [4.78, 5) is 2.54. The van der Waals surface area contributed by atoms with Crippen molar-refractivity contribution in [2.75, 3.05) is 32.8 Å². The lowest BCUT2D eigenvalue weighted by Gasteiger charge is -2.49. The highest BCUT2D eigenvalue weighted by Gasteiger charge is 2.43. The fourth-order valence-corrected chi connectivity index (χ4v) is 3.29. The smallest absolute Gasteiger partial charge is 0.0859 e. The van der Waals surface area contributed by atoms with Gasteiger partial charge in [0.15, 0.2) is 0 Å². The summed E-state index contributed by atoms with van der Waals surface area (Å²) in [5, 5.41) is 3.70. The number of rotatable bonds is 4. The summed E-state index contributed by atoms with van der Waals surface area (Å²) in [5.74, 6) is 0. The highest BCUT2D eigenvalue weighted by Crippen LogP contribution is 2.33. The van der Waals surface area contributed by atoms with Gasteiger partial charge in [0.2, 0.25) is 0 Å². The van der Waals surface area contributed by atoms with Crippen molar-refractivity contribution in [3.8, 4) is 0 Å². The number of ether oxygens (including phenoxy) is 1. The van der Waals surface area contributed by atoms with Crippen LogP contribution in [0.15, 0.2) is 0 Å². The molecule has 0 aromatic carbocycles. The Morgan fingerprint density at radius 2 is 2.06 bits per heavy atom. The first kappa shape index (κ1) is 13.3. The Morgan fingerprint density at radius 3 is 2.71 bits per heavy atom. The third-order valence-corrected chi connectivity index (χ3v) is 4.51. The SMILES string of the molecule is CCCCC1NCCOC12CCN(CC)CC2. The Morgan fingerprint density at radius 1 is 1.29 bits per heavy atom. The zero-order valence-electron chi connectivity index (χ0n) is 11.5. The summed E-state index contributed by atoms with van der Waals surface area (Å²) in [7, 11) is 0. The third-order valence-electron chi connectivity index (χ3n) is 4.51. The molecular formula is C14H28N2O. The highest BCUT2D eigenvalue weighted by atomic mass is 16.5. The van der Waals surface area contributed by atoms with Crippen LogP contribution in [-0.2, 0) is 4.74 Å². The average molecular weight is 240 g/mol. The van der Waals surface area contributed by atoms with E-state index in [9.17, 15) is 0 Å². The molecule has 0 amide bonds. The van der Waals surface area contributed by atoms with Crippen LogP contribution in [0, 0.1) is 0 Å². The lowest BCUT2D eigenvalue weighted by molar-refractivity contribution is -0.129. The Balaban J connectivity index is 1.95. The molecule has 0 aromatic heterocycles. The maximum atomic E-state index is 6.22. The van der Waals surface area contributed by atoms with Gasteiger partial charge in [0, 0.05) is 25.7 Å².